The molecule has 1 atom stereocenters. The summed E-state index contributed by atoms with van der Waals surface area (Å²) >= 11 is 0. The van der Waals surface area contributed by atoms with Gasteiger partial charge in [0.2, 0.25) is 0 Å². The summed E-state index contributed by atoms with van der Waals surface area (Å²) in [6, 6.07) is 13.2. The number of nitrogens with zero attached hydrogens (tertiary/aromatic N) is 3. The molecular weight excluding hydrogens is 384 g/mol. The van der Waals surface area contributed by atoms with E-state index in [2.05, 4.69) is 79.4 Å². The quantitative estimate of drug-likeness (QED) is 0.677. The number of aliphatic imine (C=N–C) groups is 1. The van der Waals surface area contributed by atoms with Gasteiger partial charge in [0.05, 0.1) is 17.3 Å². The summed E-state index contributed by atoms with van der Waals surface area (Å²) < 4.78 is 0. The van der Waals surface area contributed by atoms with E-state index in [1.165, 1.54) is 43.5 Å². The van der Waals surface area contributed by atoms with E-state index < -0.39 is 0 Å². The SMILES string of the molecule is C1=CNC(=Cc2cc(CN3CCC(Cc4ccccc4)CC3)c[nH]2)C(C2C=NNC2)=N1. The molecule has 1 aromatic carbocycles. The number of rotatable bonds is 6. The fraction of sp³-hybridized carbons (Fsp3) is 0.360. The van der Waals surface area contributed by atoms with Gasteiger partial charge in [-0.15, -0.1) is 0 Å². The molecule has 6 nitrogen and oxygen atoms in total. The highest BCUT2D eigenvalue weighted by Gasteiger charge is 2.22. The lowest BCUT2D eigenvalue weighted by molar-refractivity contribution is 0.177. The molecule has 1 aromatic heterocycles. The Morgan fingerprint density at radius 3 is 2.77 bits per heavy atom. The van der Waals surface area contributed by atoms with Crippen molar-refractivity contribution in [2.24, 2.45) is 21.9 Å². The molecule has 4 heterocycles. The molecule has 0 amide bonds. The van der Waals surface area contributed by atoms with Crippen LogP contribution in [0.3, 0.4) is 0 Å². The molecule has 0 bridgehead atoms. The van der Waals surface area contributed by atoms with Crippen molar-refractivity contribution < 1.29 is 0 Å². The van der Waals surface area contributed by atoms with Crippen molar-refractivity contribution in [3.8, 4) is 0 Å². The first kappa shape index (κ1) is 19.8. The minimum atomic E-state index is 0.204. The van der Waals surface area contributed by atoms with E-state index in [0.717, 1.165) is 36.1 Å². The zero-order valence-corrected chi connectivity index (χ0v) is 17.8. The van der Waals surface area contributed by atoms with Crippen LogP contribution in [-0.4, -0.2) is 41.4 Å². The third-order valence-electron chi connectivity index (χ3n) is 6.36. The van der Waals surface area contributed by atoms with E-state index in [0.29, 0.717) is 0 Å². The molecule has 1 saturated heterocycles. The number of benzene rings is 1. The second-order valence-electron chi connectivity index (χ2n) is 8.65. The maximum Gasteiger partial charge on any atom is 0.0742 e. The van der Waals surface area contributed by atoms with Crippen molar-refractivity contribution in [3.63, 3.8) is 0 Å². The number of piperidine rings is 1. The van der Waals surface area contributed by atoms with E-state index in [9.17, 15) is 0 Å². The van der Waals surface area contributed by atoms with Gasteiger partial charge < -0.3 is 15.7 Å². The highest BCUT2D eigenvalue weighted by molar-refractivity contribution is 6.12. The average molecular weight is 415 g/mol. The Bertz CT molecular complexity index is 992. The molecule has 0 saturated carbocycles. The maximum absolute atomic E-state index is 4.58. The fourth-order valence-corrected chi connectivity index (χ4v) is 4.66. The molecule has 6 heteroatoms. The number of H-pyrrole nitrogens is 1. The first-order valence-electron chi connectivity index (χ1n) is 11.2. The van der Waals surface area contributed by atoms with Crippen LogP contribution in [0, 0.1) is 11.8 Å². The molecule has 1 unspecified atom stereocenters. The number of hydrogen-bond donors (Lipinski definition) is 3. The standard InChI is InChI=1S/C25H30N6/c1-2-4-19(5-3-1)12-20-6-10-31(11-7-20)18-21-13-23(28-15-21)14-24-25(27-9-8-26-24)22-16-29-30-17-22/h1-5,8-9,13-16,20,22,26,28,30H,6-7,10-12,17-18H2. The molecule has 31 heavy (non-hydrogen) atoms. The van der Waals surface area contributed by atoms with Crippen LogP contribution >= 0.6 is 0 Å². The molecule has 2 aromatic rings. The van der Waals surface area contributed by atoms with Crippen LogP contribution in [-0.2, 0) is 13.0 Å². The third kappa shape index (κ3) is 4.97. The first-order chi connectivity index (χ1) is 15.3. The Balaban J connectivity index is 1.16. The number of hydrogen-bond acceptors (Lipinski definition) is 5. The number of likely N-dealkylation sites (tertiary alicyclic amines) is 1. The molecule has 0 spiro atoms. The lowest BCUT2D eigenvalue weighted by atomic mass is 9.90. The Kier molecular flexibility index (Phi) is 5.98. The maximum atomic E-state index is 4.58. The number of hydrazone groups is 1. The monoisotopic (exact) mass is 414 g/mol. The molecule has 160 valence electrons. The molecule has 1 fully saturated rings. The lowest BCUT2D eigenvalue weighted by Gasteiger charge is -2.31. The van der Waals surface area contributed by atoms with Crippen LogP contribution in [0.5, 0.6) is 0 Å². The molecular formula is C25H30N6. The highest BCUT2D eigenvalue weighted by atomic mass is 15.3. The number of nitrogens with one attached hydrogen (secondary N) is 3. The summed E-state index contributed by atoms with van der Waals surface area (Å²) in [6.45, 7) is 4.15. The van der Waals surface area contributed by atoms with Crippen LogP contribution in [0.4, 0.5) is 0 Å². The summed E-state index contributed by atoms with van der Waals surface area (Å²) in [7, 11) is 0. The third-order valence-corrected chi connectivity index (χ3v) is 6.36. The van der Waals surface area contributed by atoms with Gasteiger partial charge >= 0.3 is 0 Å². The van der Waals surface area contributed by atoms with Crippen LogP contribution in [0.1, 0.15) is 29.7 Å². The fourth-order valence-electron chi connectivity index (χ4n) is 4.66. The van der Waals surface area contributed by atoms with E-state index in [1.807, 2.05) is 12.4 Å². The van der Waals surface area contributed by atoms with Gasteiger partial charge in [0.15, 0.2) is 0 Å². The number of aromatic amines is 1. The first-order valence-corrected chi connectivity index (χ1v) is 11.2. The van der Waals surface area contributed by atoms with Crippen molar-refractivity contribution in [3.05, 3.63) is 77.5 Å². The Morgan fingerprint density at radius 1 is 1.10 bits per heavy atom. The molecule has 3 aliphatic heterocycles. The van der Waals surface area contributed by atoms with E-state index >= 15 is 0 Å². The van der Waals surface area contributed by atoms with Crippen molar-refractivity contribution >= 4 is 18.0 Å². The van der Waals surface area contributed by atoms with Gasteiger partial charge in [-0.05, 0) is 61.5 Å². The van der Waals surface area contributed by atoms with Crippen molar-refractivity contribution in [1.29, 1.82) is 0 Å². The van der Waals surface area contributed by atoms with Crippen molar-refractivity contribution in [1.82, 2.24) is 20.6 Å². The molecule has 0 radical (unpaired) electrons. The number of aromatic nitrogens is 1. The summed E-state index contributed by atoms with van der Waals surface area (Å²) in [5.74, 6) is 1.01. The van der Waals surface area contributed by atoms with Crippen LogP contribution < -0.4 is 10.7 Å². The predicted octanol–water partition coefficient (Wildman–Crippen LogP) is 3.53. The van der Waals surface area contributed by atoms with Crippen molar-refractivity contribution in [2.45, 2.75) is 25.8 Å². The van der Waals surface area contributed by atoms with Gasteiger partial charge in [-0.3, -0.25) is 9.89 Å². The second-order valence-corrected chi connectivity index (χ2v) is 8.65. The summed E-state index contributed by atoms with van der Waals surface area (Å²) in [4.78, 5) is 10.6. The van der Waals surface area contributed by atoms with E-state index in [4.69, 9.17) is 0 Å². The van der Waals surface area contributed by atoms with Crippen LogP contribution in [0.2, 0.25) is 0 Å². The smallest absolute Gasteiger partial charge is 0.0742 e. The zero-order valence-electron chi connectivity index (χ0n) is 17.8. The molecule has 5 rings (SSSR count). The topological polar surface area (TPSA) is 67.8 Å². The highest BCUT2D eigenvalue weighted by Crippen LogP contribution is 2.23. The van der Waals surface area contributed by atoms with Gasteiger partial charge in [0.25, 0.3) is 0 Å². The van der Waals surface area contributed by atoms with Crippen molar-refractivity contribution in [2.75, 3.05) is 19.6 Å². The summed E-state index contributed by atoms with van der Waals surface area (Å²) in [5, 5.41) is 7.47. The lowest BCUT2D eigenvalue weighted by Crippen LogP contribution is -2.33. The van der Waals surface area contributed by atoms with Crippen LogP contribution in [0.15, 0.2) is 70.8 Å². The summed E-state index contributed by atoms with van der Waals surface area (Å²) in [6.07, 6.45) is 13.7. The predicted molar refractivity (Wildman–Crippen MR) is 127 cm³/mol. The minimum absolute atomic E-state index is 0.204. The van der Waals surface area contributed by atoms with Gasteiger partial charge in [-0.25, -0.2) is 0 Å². The van der Waals surface area contributed by atoms with Gasteiger partial charge in [0.1, 0.15) is 0 Å². The second kappa shape index (κ2) is 9.35. The van der Waals surface area contributed by atoms with Crippen LogP contribution in [0.25, 0.3) is 6.08 Å². The average Bonchev–Trinajstić information content (AvgIpc) is 3.49. The zero-order chi connectivity index (χ0) is 20.9. The van der Waals surface area contributed by atoms with E-state index in [1.54, 1.807) is 6.20 Å². The Hall–Kier alpha value is -3.12. The summed E-state index contributed by atoms with van der Waals surface area (Å²) in [5.41, 5.74) is 8.97. The molecule has 3 N–H and O–H groups in total. The molecule has 0 aliphatic carbocycles. The van der Waals surface area contributed by atoms with Gasteiger partial charge in [0, 0.05) is 43.6 Å². The van der Waals surface area contributed by atoms with Gasteiger partial charge in [-0.2, -0.15) is 5.10 Å². The molecule has 3 aliphatic rings. The Labute approximate surface area is 183 Å². The normalized spacial score (nSPS) is 23.0. The Morgan fingerprint density at radius 2 is 1.97 bits per heavy atom. The number of allylic oxidation sites excluding steroid dienone is 1. The van der Waals surface area contributed by atoms with Gasteiger partial charge in [-0.1, -0.05) is 30.3 Å². The minimum Gasteiger partial charge on any atom is -0.361 e. The van der Waals surface area contributed by atoms with E-state index in [-0.39, 0.29) is 5.92 Å². The largest absolute Gasteiger partial charge is 0.361 e.